The van der Waals surface area contributed by atoms with Crippen LogP contribution in [0.15, 0.2) is 70.7 Å². The summed E-state index contributed by atoms with van der Waals surface area (Å²) < 4.78 is 18.8. The zero-order valence-corrected chi connectivity index (χ0v) is 15.0. The van der Waals surface area contributed by atoms with Crippen LogP contribution >= 0.6 is 0 Å². The van der Waals surface area contributed by atoms with E-state index >= 15 is 0 Å². The predicted molar refractivity (Wildman–Crippen MR) is 105 cm³/mol. The number of H-pyrrole nitrogens is 1. The van der Waals surface area contributed by atoms with E-state index in [1.54, 1.807) is 24.3 Å². The van der Waals surface area contributed by atoms with Crippen molar-refractivity contribution in [1.82, 2.24) is 4.98 Å². The third-order valence-corrected chi connectivity index (χ3v) is 4.53. The van der Waals surface area contributed by atoms with Crippen LogP contribution in [0.25, 0.3) is 28.3 Å². The molecule has 4 nitrogen and oxygen atoms in total. The molecule has 0 fully saturated rings. The fourth-order valence-corrected chi connectivity index (χ4v) is 3.19. The van der Waals surface area contributed by atoms with Gasteiger partial charge >= 0.3 is 0 Å². The number of fused-ring (bicyclic) bond motifs is 1. The number of Topliss-reactive ketones (excluding diaryl/α,β-unsaturated/α-hetero) is 1. The van der Waals surface area contributed by atoms with Crippen LogP contribution in [0.1, 0.15) is 21.8 Å². The summed E-state index contributed by atoms with van der Waals surface area (Å²) in [4.78, 5) is 16.2. The number of hydrogen-bond acceptors (Lipinski definition) is 3. The van der Waals surface area contributed by atoms with Gasteiger partial charge in [-0.3, -0.25) is 4.79 Å². The van der Waals surface area contributed by atoms with E-state index < -0.39 is 0 Å². The Hall–Kier alpha value is -3.91. The fraction of sp³-hybridized carbons (Fsp3) is 0.0435. The summed E-state index contributed by atoms with van der Waals surface area (Å²) in [7, 11) is 0. The summed E-state index contributed by atoms with van der Waals surface area (Å²) >= 11 is 0. The van der Waals surface area contributed by atoms with Gasteiger partial charge in [0.15, 0.2) is 0 Å². The first-order valence-electron chi connectivity index (χ1n) is 8.66. The number of nitrogens with one attached hydrogen (secondary N) is 1. The molecule has 0 spiro atoms. The lowest BCUT2D eigenvalue weighted by Gasteiger charge is -2.00. The number of allylic oxidation sites excluding steroid dienone is 1. The highest BCUT2D eigenvalue weighted by atomic mass is 19.1. The lowest BCUT2D eigenvalue weighted by atomic mass is 10.0. The quantitative estimate of drug-likeness (QED) is 0.286. The van der Waals surface area contributed by atoms with E-state index in [1.807, 2.05) is 37.3 Å². The average Bonchev–Trinajstić information content (AvgIpc) is 3.29. The van der Waals surface area contributed by atoms with Crippen LogP contribution in [0, 0.1) is 24.1 Å². The Bertz CT molecular complexity index is 1250. The van der Waals surface area contributed by atoms with Crippen LogP contribution in [-0.4, -0.2) is 10.8 Å². The Morgan fingerprint density at radius 1 is 1.11 bits per heavy atom. The normalized spacial score (nSPS) is 11.5. The molecule has 0 bridgehead atoms. The van der Waals surface area contributed by atoms with E-state index in [2.05, 4.69) is 4.98 Å². The van der Waals surface area contributed by atoms with Gasteiger partial charge in [0.2, 0.25) is 5.78 Å². The van der Waals surface area contributed by atoms with E-state index in [4.69, 9.17) is 4.42 Å². The van der Waals surface area contributed by atoms with Crippen molar-refractivity contribution in [3.05, 3.63) is 89.1 Å². The Morgan fingerprint density at radius 2 is 1.86 bits per heavy atom. The van der Waals surface area contributed by atoms with Crippen molar-refractivity contribution in [2.24, 2.45) is 0 Å². The predicted octanol–water partition coefficient (Wildman–Crippen LogP) is 5.67. The van der Waals surface area contributed by atoms with Gasteiger partial charge in [-0.2, -0.15) is 5.26 Å². The number of nitriles is 1. The minimum atomic E-state index is -0.364. The maximum Gasteiger partial charge on any atom is 0.206 e. The van der Waals surface area contributed by atoms with E-state index in [9.17, 15) is 14.4 Å². The molecule has 0 aliphatic carbocycles. The number of hydrogen-bond donors (Lipinski definition) is 1. The number of benzene rings is 2. The van der Waals surface area contributed by atoms with Crippen LogP contribution in [0.3, 0.4) is 0 Å². The molecule has 0 saturated heterocycles. The number of furan rings is 1. The third-order valence-electron chi connectivity index (χ3n) is 4.53. The molecule has 136 valence electrons. The first-order valence-corrected chi connectivity index (χ1v) is 8.66. The molecule has 0 radical (unpaired) electrons. The fourth-order valence-electron chi connectivity index (χ4n) is 3.19. The van der Waals surface area contributed by atoms with E-state index in [1.165, 1.54) is 18.2 Å². The molecule has 0 atom stereocenters. The molecular weight excluding hydrogens is 355 g/mol. The zero-order valence-electron chi connectivity index (χ0n) is 15.0. The number of rotatable bonds is 4. The number of carbonyl (C=O) groups is 1. The number of aryl methyl sites for hydroxylation is 1. The van der Waals surface area contributed by atoms with Crippen LogP contribution in [0.4, 0.5) is 4.39 Å². The largest absolute Gasteiger partial charge is 0.457 e. The number of ketones is 1. The maximum atomic E-state index is 13.1. The molecule has 4 rings (SSSR count). The summed E-state index contributed by atoms with van der Waals surface area (Å²) in [5.74, 6) is 0.208. The third kappa shape index (κ3) is 3.12. The molecule has 28 heavy (non-hydrogen) atoms. The number of halogens is 1. The first kappa shape index (κ1) is 17.5. The van der Waals surface area contributed by atoms with Gasteiger partial charge in [0, 0.05) is 28.2 Å². The van der Waals surface area contributed by atoms with Gasteiger partial charge in [-0.05, 0) is 49.4 Å². The molecule has 2 aromatic heterocycles. The summed E-state index contributed by atoms with van der Waals surface area (Å²) in [5.41, 5.74) is 2.72. The van der Waals surface area contributed by atoms with Gasteiger partial charge in [0.1, 0.15) is 29.0 Å². The highest BCUT2D eigenvalue weighted by molar-refractivity contribution is 6.20. The first-order chi connectivity index (χ1) is 13.6. The smallest absolute Gasteiger partial charge is 0.206 e. The zero-order chi connectivity index (χ0) is 19.7. The Kier molecular flexibility index (Phi) is 4.38. The van der Waals surface area contributed by atoms with Crippen molar-refractivity contribution in [2.75, 3.05) is 0 Å². The summed E-state index contributed by atoms with van der Waals surface area (Å²) in [6, 6.07) is 18.7. The number of para-hydroxylation sites is 1. The second-order valence-electron chi connectivity index (χ2n) is 6.38. The Balaban J connectivity index is 1.70. The van der Waals surface area contributed by atoms with Crippen LogP contribution in [0.5, 0.6) is 0 Å². The van der Waals surface area contributed by atoms with Crippen molar-refractivity contribution >= 4 is 22.8 Å². The molecule has 2 heterocycles. The molecule has 0 amide bonds. The number of aromatic amines is 1. The van der Waals surface area contributed by atoms with Crippen LogP contribution < -0.4 is 0 Å². The highest BCUT2D eigenvalue weighted by Crippen LogP contribution is 2.27. The maximum absolute atomic E-state index is 13.1. The monoisotopic (exact) mass is 370 g/mol. The highest BCUT2D eigenvalue weighted by Gasteiger charge is 2.20. The van der Waals surface area contributed by atoms with Gasteiger partial charge in [-0.15, -0.1) is 0 Å². The van der Waals surface area contributed by atoms with Crippen LogP contribution in [0.2, 0.25) is 0 Å². The second-order valence-corrected chi connectivity index (χ2v) is 6.38. The van der Waals surface area contributed by atoms with Crippen molar-refractivity contribution < 1.29 is 13.6 Å². The second kappa shape index (κ2) is 7.01. The SMILES string of the molecule is Cc1[nH]c2ccccc2c1C(=O)C(C#N)=Cc1ccc(-c2ccc(F)cc2)o1. The number of nitrogens with zero attached hydrogens (tertiary/aromatic N) is 1. The molecular formula is C23H15FN2O2. The van der Waals surface area contributed by atoms with E-state index in [0.29, 0.717) is 28.3 Å². The molecule has 0 unspecified atom stereocenters. The molecule has 1 N–H and O–H groups in total. The minimum Gasteiger partial charge on any atom is -0.457 e. The Morgan fingerprint density at radius 3 is 2.61 bits per heavy atom. The number of carbonyl (C=O) groups excluding carboxylic acids is 1. The molecule has 2 aromatic carbocycles. The molecule has 0 aliphatic rings. The van der Waals surface area contributed by atoms with Gasteiger partial charge < -0.3 is 9.40 Å². The van der Waals surface area contributed by atoms with Gasteiger partial charge in [0.05, 0.1) is 5.56 Å². The van der Waals surface area contributed by atoms with Crippen molar-refractivity contribution in [3.8, 4) is 17.4 Å². The van der Waals surface area contributed by atoms with Crippen LogP contribution in [-0.2, 0) is 0 Å². The molecule has 4 aromatic rings. The van der Waals surface area contributed by atoms with E-state index in [0.717, 1.165) is 10.9 Å². The lowest BCUT2D eigenvalue weighted by molar-refractivity contribution is 0.104. The molecule has 0 aliphatic heterocycles. The number of aromatic nitrogens is 1. The average molecular weight is 370 g/mol. The summed E-state index contributed by atoms with van der Waals surface area (Å²) in [6.07, 6.45) is 1.43. The summed E-state index contributed by atoms with van der Waals surface area (Å²) in [5, 5.41) is 10.3. The topological polar surface area (TPSA) is 69.8 Å². The molecule has 5 heteroatoms. The Labute approximate surface area is 160 Å². The van der Waals surface area contributed by atoms with Crippen molar-refractivity contribution in [1.29, 1.82) is 5.26 Å². The summed E-state index contributed by atoms with van der Waals surface area (Å²) in [6.45, 7) is 1.81. The van der Waals surface area contributed by atoms with Gasteiger partial charge in [-0.1, -0.05) is 18.2 Å². The van der Waals surface area contributed by atoms with E-state index in [-0.39, 0.29) is 17.2 Å². The minimum absolute atomic E-state index is 0.0205. The molecule has 0 saturated carbocycles. The van der Waals surface area contributed by atoms with Gasteiger partial charge in [0.25, 0.3) is 0 Å². The van der Waals surface area contributed by atoms with Gasteiger partial charge in [-0.25, -0.2) is 4.39 Å². The lowest BCUT2D eigenvalue weighted by Crippen LogP contribution is -2.03. The standard InChI is InChI=1S/C23H15FN2O2/c1-14-22(19-4-2-3-5-20(19)26-14)23(27)16(13-25)12-18-10-11-21(28-18)15-6-8-17(24)9-7-15/h2-12,26H,1H3. The van der Waals surface area contributed by atoms with Crippen molar-refractivity contribution in [2.45, 2.75) is 6.92 Å². The van der Waals surface area contributed by atoms with Crippen molar-refractivity contribution in [3.63, 3.8) is 0 Å².